The molecule has 0 fully saturated rings. The number of amides is 1. The molecule has 1 N–H and O–H groups in total. The van der Waals surface area contributed by atoms with Gasteiger partial charge in [-0.05, 0) is 86.5 Å². The highest BCUT2D eigenvalue weighted by Crippen LogP contribution is 2.20. The van der Waals surface area contributed by atoms with Gasteiger partial charge in [0.05, 0.1) is 47.9 Å². The largest absolute Gasteiger partial charge is 0.497 e. The zero-order valence-electron chi connectivity index (χ0n) is 29.5. The molecule has 0 aliphatic heterocycles. The number of benzene rings is 4. The first-order valence-corrected chi connectivity index (χ1v) is 16.7. The molecule has 0 saturated carbocycles. The Labute approximate surface area is 302 Å². The Kier molecular flexibility index (Phi) is 12.7. The number of para-hydroxylation sites is 2. The van der Waals surface area contributed by atoms with Crippen molar-refractivity contribution in [3.63, 3.8) is 0 Å². The number of carboxylic acids is 1. The Morgan fingerprint density at radius 3 is 1.73 bits per heavy atom. The first-order valence-electron chi connectivity index (χ1n) is 16.7. The molecular formula is C39H41N7O6. The molecule has 6 aromatic rings. The van der Waals surface area contributed by atoms with Gasteiger partial charge in [-0.25, -0.2) is 4.79 Å². The zero-order valence-corrected chi connectivity index (χ0v) is 29.5. The lowest BCUT2D eigenvalue weighted by molar-refractivity contribution is -0.138. The van der Waals surface area contributed by atoms with Crippen LogP contribution >= 0.6 is 0 Å². The van der Waals surface area contributed by atoms with Crippen LogP contribution in [0.4, 0.5) is 4.79 Å². The van der Waals surface area contributed by atoms with Gasteiger partial charge >= 0.3 is 12.1 Å². The molecule has 0 unspecified atom stereocenters. The van der Waals surface area contributed by atoms with Crippen molar-refractivity contribution in [2.75, 3.05) is 20.3 Å². The van der Waals surface area contributed by atoms with E-state index in [1.807, 2.05) is 74.5 Å². The molecule has 0 bridgehead atoms. The van der Waals surface area contributed by atoms with Gasteiger partial charge in [-0.1, -0.05) is 55.5 Å². The predicted octanol–water partition coefficient (Wildman–Crippen LogP) is 6.43. The second kappa shape index (κ2) is 17.9. The van der Waals surface area contributed by atoms with E-state index >= 15 is 0 Å². The van der Waals surface area contributed by atoms with Crippen LogP contribution in [0, 0.1) is 13.8 Å². The second-order valence-electron chi connectivity index (χ2n) is 11.6. The van der Waals surface area contributed by atoms with E-state index in [0.29, 0.717) is 24.5 Å². The van der Waals surface area contributed by atoms with Gasteiger partial charge in [-0.15, -0.1) is 0 Å². The van der Waals surface area contributed by atoms with Gasteiger partial charge in [0, 0.05) is 13.0 Å². The van der Waals surface area contributed by atoms with Gasteiger partial charge < -0.3 is 19.3 Å². The number of nitrogens with zero attached hydrogens (tertiary/aromatic N) is 7. The van der Waals surface area contributed by atoms with Crippen molar-refractivity contribution in [1.82, 2.24) is 34.9 Å². The Morgan fingerprint density at radius 2 is 1.21 bits per heavy atom. The van der Waals surface area contributed by atoms with E-state index in [1.165, 1.54) is 7.11 Å². The first kappa shape index (κ1) is 36.8. The molecule has 2 aromatic heterocycles. The van der Waals surface area contributed by atoms with Crippen molar-refractivity contribution >= 4 is 12.1 Å². The predicted molar refractivity (Wildman–Crippen MR) is 194 cm³/mol. The minimum absolute atomic E-state index is 0.0589. The number of ether oxygens (including phenoxy) is 3. The number of hydrogen-bond donors (Lipinski definition) is 1. The molecule has 13 nitrogen and oxygen atoms in total. The third kappa shape index (κ3) is 10.3. The Bertz CT molecular complexity index is 2030. The fourth-order valence-electron chi connectivity index (χ4n) is 5.06. The molecule has 0 aliphatic rings. The summed E-state index contributed by atoms with van der Waals surface area (Å²) in [6.45, 7) is 5.96. The monoisotopic (exact) mass is 703 g/mol. The number of carbonyl (C=O) groups is 2. The lowest BCUT2D eigenvalue weighted by atomic mass is 10.2. The molecule has 2 heterocycles. The van der Waals surface area contributed by atoms with Crippen molar-refractivity contribution in [3.05, 3.63) is 138 Å². The van der Waals surface area contributed by atoms with Gasteiger partial charge in [0.15, 0.2) is 0 Å². The number of hydrogen-bond acceptors (Lipinski definition) is 9. The molecule has 4 aromatic carbocycles. The van der Waals surface area contributed by atoms with E-state index < -0.39 is 18.6 Å². The van der Waals surface area contributed by atoms with E-state index in [9.17, 15) is 14.7 Å². The number of carboxylic acid groups (broad SMARTS) is 1. The fourth-order valence-corrected chi connectivity index (χ4v) is 5.06. The topological polar surface area (TPSA) is 147 Å². The van der Waals surface area contributed by atoms with Crippen LogP contribution in [0.15, 0.2) is 109 Å². The van der Waals surface area contributed by atoms with Crippen molar-refractivity contribution in [2.45, 2.75) is 40.2 Å². The Hall–Kier alpha value is -6.50. The average molecular weight is 704 g/mol. The summed E-state index contributed by atoms with van der Waals surface area (Å²) < 4.78 is 16.3. The number of aromatic nitrogens is 6. The van der Waals surface area contributed by atoms with E-state index in [0.717, 1.165) is 51.0 Å². The van der Waals surface area contributed by atoms with Gasteiger partial charge in [-0.2, -0.15) is 30.0 Å². The second-order valence-corrected chi connectivity index (χ2v) is 11.6. The maximum absolute atomic E-state index is 12.6. The molecule has 6 rings (SSSR count). The molecule has 268 valence electrons. The molecule has 0 radical (unpaired) electrons. The van der Waals surface area contributed by atoms with E-state index in [4.69, 9.17) is 14.2 Å². The zero-order chi connectivity index (χ0) is 36.9. The smallest absolute Gasteiger partial charge is 0.416 e. The van der Waals surface area contributed by atoms with Crippen molar-refractivity contribution in [3.8, 4) is 28.6 Å². The summed E-state index contributed by atoms with van der Waals surface area (Å²) in [7, 11) is 1.53. The minimum Gasteiger partial charge on any atom is -0.497 e. The number of rotatable bonds is 13. The first-order chi connectivity index (χ1) is 25.2. The standard InChI is InChI=1S/C28H28N4O6.C11H13N3/c1-20-26(30-32(29-20)22-6-4-3-5-7-22)16-17-37-24-10-8-21(9-11-24)18-31(19-27(33)34)28(35)38-25-14-12-23(36-2)13-15-25;1-3-11-9(2)12-14(13-11)10-7-5-4-6-8-10/h3-15H,16-19H2,1-2H3,(H,33,34);4-8H,3H2,1-2H3. The molecule has 0 atom stereocenters. The maximum atomic E-state index is 12.6. The van der Waals surface area contributed by atoms with Gasteiger partial charge in [0.1, 0.15) is 23.8 Å². The van der Waals surface area contributed by atoms with E-state index in [2.05, 4.69) is 27.3 Å². The van der Waals surface area contributed by atoms with Crippen LogP contribution in [0.5, 0.6) is 17.2 Å². The summed E-state index contributed by atoms with van der Waals surface area (Å²) >= 11 is 0. The number of carbonyl (C=O) groups excluding carboxylic acids is 1. The Balaban J connectivity index is 0.000000310. The fraction of sp³-hybridized carbons (Fsp3) is 0.231. The highest BCUT2D eigenvalue weighted by Gasteiger charge is 2.20. The lowest BCUT2D eigenvalue weighted by Crippen LogP contribution is -2.37. The Morgan fingerprint density at radius 1 is 0.692 bits per heavy atom. The number of methoxy groups -OCH3 is 1. The molecule has 1 amide bonds. The van der Waals surface area contributed by atoms with Crippen LogP contribution in [-0.2, 0) is 24.2 Å². The molecule has 0 spiro atoms. The van der Waals surface area contributed by atoms with Crippen LogP contribution in [0.2, 0.25) is 0 Å². The molecule has 13 heteroatoms. The van der Waals surface area contributed by atoms with Gasteiger partial charge in [0.2, 0.25) is 0 Å². The van der Waals surface area contributed by atoms with E-state index in [1.54, 1.807) is 58.1 Å². The van der Waals surface area contributed by atoms with Crippen molar-refractivity contribution in [1.29, 1.82) is 0 Å². The normalized spacial score (nSPS) is 10.5. The molecule has 52 heavy (non-hydrogen) atoms. The quantitative estimate of drug-likeness (QED) is 0.143. The van der Waals surface area contributed by atoms with E-state index in [-0.39, 0.29) is 12.3 Å². The van der Waals surface area contributed by atoms with Gasteiger partial charge in [-0.3, -0.25) is 9.69 Å². The summed E-state index contributed by atoms with van der Waals surface area (Å²) in [5.41, 5.74) is 6.40. The third-order valence-corrected chi connectivity index (χ3v) is 7.82. The van der Waals surface area contributed by atoms with Crippen molar-refractivity contribution in [2.24, 2.45) is 0 Å². The summed E-state index contributed by atoms with van der Waals surface area (Å²) in [6, 6.07) is 33.2. The van der Waals surface area contributed by atoms with Crippen molar-refractivity contribution < 1.29 is 28.9 Å². The minimum atomic E-state index is -1.14. The SMILES string of the molecule is CCc1nn(-c2ccccc2)nc1C.COc1ccc(OC(=O)N(CC(=O)O)Cc2ccc(OCCc3nn(-c4ccccc4)nc3C)cc2)cc1. The highest BCUT2D eigenvalue weighted by molar-refractivity contribution is 5.78. The van der Waals surface area contributed by atoms with Crippen LogP contribution in [-0.4, -0.2) is 72.3 Å². The highest BCUT2D eigenvalue weighted by atomic mass is 16.6. The maximum Gasteiger partial charge on any atom is 0.416 e. The summed E-state index contributed by atoms with van der Waals surface area (Å²) in [4.78, 5) is 28.4. The number of aryl methyl sites for hydroxylation is 3. The summed E-state index contributed by atoms with van der Waals surface area (Å²) in [6.07, 6.45) is 0.750. The molecule has 0 saturated heterocycles. The average Bonchev–Trinajstić information content (AvgIpc) is 3.74. The van der Waals surface area contributed by atoms with Crippen LogP contribution in [0.3, 0.4) is 0 Å². The summed E-state index contributed by atoms with van der Waals surface area (Å²) in [5, 5.41) is 27.1. The van der Waals surface area contributed by atoms with Crippen LogP contribution in [0.1, 0.15) is 35.3 Å². The van der Waals surface area contributed by atoms with Gasteiger partial charge in [0.25, 0.3) is 0 Å². The van der Waals surface area contributed by atoms with Crippen LogP contribution in [0.25, 0.3) is 11.4 Å². The number of aliphatic carboxylic acids is 1. The summed E-state index contributed by atoms with van der Waals surface area (Å²) in [5.74, 6) is 0.403. The molecular weight excluding hydrogens is 662 g/mol. The molecule has 0 aliphatic carbocycles. The lowest BCUT2D eigenvalue weighted by Gasteiger charge is -2.20. The van der Waals surface area contributed by atoms with Crippen LogP contribution < -0.4 is 14.2 Å². The third-order valence-electron chi connectivity index (χ3n) is 7.82.